The van der Waals surface area contributed by atoms with E-state index in [0.717, 1.165) is 33.3 Å². The number of fused-ring (bicyclic) bond motifs is 3. The molecule has 0 N–H and O–H groups in total. The average molecular weight is 438 g/mol. The third-order valence-corrected chi connectivity index (χ3v) is 5.72. The van der Waals surface area contributed by atoms with Gasteiger partial charge in [-0.25, -0.2) is 0 Å². The molecule has 0 aliphatic rings. The van der Waals surface area contributed by atoms with Crippen LogP contribution in [0.3, 0.4) is 0 Å². The minimum atomic E-state index is -0.0730. The Hall–Kier alpha value is -4.26. The van der Waals surface area contributed by atoms with Crippen molar-refractivity contribution in [1.82, 2.24) is 24.9 Å². The van der Waals surface area contributed by atoms with Crippen molar-refractivity contribution in [3.05, 3.63) is 101 Å². The molecule has 1 amide bonds. The van der Waals surface area contributed by atoms with Crippen LogP contribution >= 0.6 is 0 Å². The number of aryl methyl sites for hydroxylation is 1. The number of tetrazole rings is 1. The van der Waals surface area contributed by atoms with Crippen LogP contribution in [0.2, 0.25) is 0 Å². The first-order chi connectivity index (χ1) is 16.1. The maximum atomic E-state index is 13.6. The first-order valence-electron chi connectivity index (χ1n) is 10.7. The molecule has 33 heavy (non-hydrogen) atoms. The summed E-state index contributed by atoms with van der Waals surface area (Å²) in [6, 6.07) is 25.3. The molecule has 0 saturated heterocycles. The molecule has 7 nitrogen and oxygen atoms in total. The molecule has 7 heteroatoms. The quantitative estimate of drug-likeness (QED) is 0.393. The molecule has 2 aromatic heterocycles. The van der Waals surface area contributed by atoms with Gasteiger partial charge >= 0.3 is 0 Å². The number of rotatable bonds is 6. The van der Waals surface area contributed by atoms with Gasteiger partial charge in [-0.05, 0) is 53.2 Å². The van der Waals surface area contributed by atoms with Gasteiger partial charge in [0.05, 0.1) is 19.2 Å². The molecule has 0 fully saturated rings. The fraction of sp³-hybridized carbons (Fsp3) is 0.154. The number of amides is 1. The van der Waals surface area contributed by atoms with Crippen LogP contribution in [-0.4, -0.2) is 38.0 Å². The Morgan fingerprint density at radius 3 is 2.52 bits per heavy atom. The highest BCUT2D eigenvalue weighted by Gasteiger charge is 2.21. The summed E-state index contributed by atoms with van der Waals surface area (Å²) in [6.45, 7) is 2.77. The Morgan fingerprint density at radius 2 is 1.70 bits per heavy atom. The van der Waals surface area contributed by atoms with E-state index in [2.05, 4.69) is 39.8 Å². The molecule has 164 valence electrons. The average Bonchev–Trinajstić information content (AvgIpc) is 3.35. The fourth-order valence-electron chi connectivity index (χ4n) is 4.09. The maximum Gasteiger partial charge on any atom is 0.254 e. The van der Waals surface area contributed by atoms with Crippen LogP contribution in [0.4, 0.5) is 0 Å². The van der Waals surface area contributed by atoms with Crippen molar-refractivity contribution in [3.8, 4) is 5.75 Å². The lowest BCUT2D eigenvalue weighted by Crippen LogP contribution is -2.30. The van der Waals surface area contributed by atoms with Gasteiger partial charge in [0.25, 0.3) is 5.91 Å². The zero-order valence-electron chi connectivity index (χ0n) is 18.5. The third kappa shape index (κ3) is 4.01. The fourth-order valence-corrected chi connectivity index (χ4v) is 4.09. The Kier molecular flexibility index (Phi) is 5.44. The van der Waals surface area contributed by atoms with E-state index in [-0.39, 0.29) is 5.91 Å². The molecular weight excluding hydrogens is 414 g/mol. The van der Waals surface area contributed by atoms with Crippen molar-refractivity contribution in [2.45, 2.75) is 20.0 Å². The van der Waals surface area contributed by atoms with Crippen LogP contribution in [0, 0.1) is 6.92 Å². The lowest BCUT2D eigenvalue weighted by Gasteiger charge is -2.24. The van der Waals surface area contributed by atoms with E-state index in [0.29, 0.717) is 24.3 Å². The lowest BCUT2D eigenvalue weighted by molar-refractivity contribution is 0.0729. The monoisotopic (exact) mass is 437 g/mol. The van der Waals surface area contributed by atoms with E-state index in [1.54, 1.807) is 16.5 Å². The molecule has 0 aliphatic carbocycles. The molecule has 0 radical (unpaired) electrons. The van der Waals surface area contributed by atoms with Gasteiger partial charge in [0.1, 0.15) is 5.75 Å². The zero-order chi connectivity index (χ0) is 22.8. The molecule has 0 unspecified atom stereocenters. The molecule has 5 aromatic rings. The summed E-state index contributed by atoms with van der Waals surface area (Å²) in [4.78, 5) is 15.4. The topological polar surface area (TPSA) is 72.6 Å². The Morgan fingerprint density at radius 1 is 0.939 bits per heavy atom. The van der Waals surface area contributed by atoms with Gasteiger partial charge in [-0.2, -0.15) is 4.52 Å². The van der Waals surface area contributed by atoms with Crippen molar-refractivity contribution in [2.24, 2.45) is 0 Å². The van der Waals surface area contributed by atoms with Crippen LogP contribution in [0.25, 0.3) is 16.6 Å². The summed E-state index contributed by atoms with van der Waals surface area (Å²) < 4.78 is 7.28. The molecular formula is C26H23N5O2. The normalized spacial score (nSPS) is 11.1. The predicted molar refractivity (Wildman–Crippen MR) is 126 cm³/mol. The number of benzene rings is 3. The van der Waals surface area contributed by atoms with Crippen molar-refractivity contribution in [2.75, 3.05) is 7.11 Å². The lowest BCUT2D eigenvalue weighted by atomic mass is 10.1. The molecule has 0 spiro atoms. The van der Waals surface area contributed by atoms with Crippen molar-refractivity contribution in [1.29, 1.82) is 0 Å². The highest BCUT2D eigenvalue weighted by molar-refractivity contribution is 5.94. The molecule has 0 bridgehead atoms. The van der Waals surface area contributed by atoms with Gasteiger partial charge in [0.15, 0.2) is 5.65 Å². The number of para-hydroxylation sites is 1. The van der Waals surface area contributed by atoms with E-state index in [1.165, 1.54) is 0 Å². The summed E-state index contributed by atoms with van der Waals surface area (Å²) in [5.41, 5.74) is 5.12. The van der Waals surface area contributed by atoms with Gasteiger partial charge in [-0.3, -0.25) is 4.79 Å². The van der Waals surface area contributed by atoms with Crippen molar-refractivity contribution < 1.29 is 9.53 Å². The Balaban J connectivity index is 1.59. The summed E-state index contributed by atoms with van der Waals surface area (Å²) in [5, 5.41) is 13.4. The van der Waals surface area contributed by atoms with Gasteiger partial charge < -0.3 is 9.64 Å². The zero-order valence-corrected chi connectivity index (χ0v) is 18.5. The van der Waals surface area contributed by atoms with Crippen molar-refractivity contribution >= 4 is 22.5 Å². The number of methoxy groups -OCH3 is 1. The second kappa shape index (κ2) is 8.70. The molecule has 0 aliphatic heterocycles. The number of nitrogens with zero attached hydrogens (tertiary/aromatic N) is 5. The molecule has 0 saturated carbocycles. The van der Waals surface area contributed by atoms with Gasteiger partial charge in [0.2, 0.25) is 0 Å². The molecule has 3 aromatic carbocycles. The molecule has 0 atom stereocenters. The number of carbonyl (C=O) groups excluding carboxylic acids is 1. The van der Waals surface area contributed by atoms with Crippen LogP contribution in [0.5, 0.6) is 5.75 Å². The van der Waals surface area contributed by atoms with E-state index in [9.17, 15) is 4.79 Å². The van der Waals surface area contributed by atoms with E-state index in [4.69, 9.17) is 4.74 Å². The molecule has 5 rings (SSSR count). The van der Waals surface area contributed by atoms with E-state index >= 15 is 0 Å². The Bertz CT molecular complexity index is 1450. The maximum absolute atomic E-state index is 13.6. The summed E-state index contributed by atoms with van der Waals surface area (Å²) >= 11 is 0. The van der Waals surface area contributed by atoms with Gasteiger partial charge in [0, 0.05) is 28.6 Å². The predicted octanol–water partition coefficient (Wildman–Crippen LogP) is 4.44. The highest BCUT2D eigenvalue weighted by atomic mass is 16.5. The van der Waals surface area contributed by atoms with E-state index in [1.807, 2.05) is 61.5 Å². The molecule has 2 heterocycles. The van der Waals surface area contributed by atoms with Crippen LogP contribution in [-0.2, 0) is 13.1 Å². The number of hydrogen-bond acceptors (Lipinski definition) is 5. The highest BCUT2D eigenvalue weighted by Crippen LogP contribution is 2.25. The minimum absolute atomic E-state index is 0.0730. The number of hydrogen-bond donors (Lipinski definition) is 0. The Labute approximate surface area is 191 Å². The van der Waals surface area contributed by atoms with Crippen LogP contribution < -0.4 is 4.74 Å². The second-order valence-corrected chi connectivity index (χ2v) is 7.99. The second-order valence-electron chi connectivity index (χ2n) is 7.99. The van der Waals surface area contributed by atoms with Crippen molar-refractivity contribution in [3.63, 3.8) is 0 Å². The number of aromatic nitrogens is 4. The van der Waals surface area contributed by atoms with Gasteiger partial charge in [-0.15, -0.1) is 5.10 Å². The standard InChI is InChI=1S/C26H23N5O2/c1-18-12-13-20-15-22(25-27-28-29-31(25)23(20)14-18)17-30(26(32)19-8-4-3-5-9-19)16-21-10-6-7-11-24(21)33-2/h3-15H,16-17H2,1-2H3. The summed E-state index contributed by atoms with van der Waals surface area (Å²) in [5.74, 6) is 0.669. The summed E-state index contributed by atoms with van der Waals surface area (Å²) in [6.07, 6.45) is 0. The SMILES string of the molecule is COc1ccccc1CN(Cc1cc2ccc(C)cc2n2nnnc12)C(=O)c1ccccc1. The smallest absolute Gasteiger partial charge is 0.254 e. The largest absolute Gasteiger partial charge is 0.496 e. The third-order valence-electron chi connectivity index (χ3n) is 5.72. The van der Waals surface area contributed by atoms with Crippen LogP contribution in [0.1, 0.15) is 27.0 Å². The first-order valence-corrected chi connectivity index (χ1v) is 10.7. The minimum Gasteiger partial charge on any atom is -0.496 e. The van der Waals surface area contributed by atoms with Gasteiger partial charge in [-0.1, -0.05) is 48.5 Å². The number of ether oxygens (including phenoxy) is 1. The first kappa shape index (κ1) is 20.6. The van der Waals surface area contributed by atoms with Crippen LogP contribution in [0.15, 0.2) is 78.9 Å². The number of pyridine rings is 1. The number of carbonyl (C=O) groups is 1. The van der Waals surface area contributed by atoms with E-state index < -0.39 is 0 Å². The summed E-state index contributed by atoms with van der Waals surface area (Å²) in [7, 11) is 1.64.